The lowest BCUT2D eigenvalue weighted by atomic mass is 9.85. The van der Waals surface area contributed by atoms with Gasteiger partial charge < -0.3 is 15.2 Å². The Morgan fingerprint density at radius 3 is 2.60 bits per heavy atom. The van der Waals surface area contributed by atoms with Gasteiger partial charge in [0.2, 0.25) is 0 Å². The number of phenolic OH excluding ortho intramolecular Hbond substituents is 1. The van der Waals surface area contributed by atoms with Gasteiger partial charge >= 0.3 is 0 Å². The van der Waals surface area contributed by atoms with E-state index in [1.54, 1.807) is 19.2 Å². The maximum absolute atomic E-state index is 9.38. The quantitative estimate of drug-likeness (QED) is 0.718. The van der Waals surface area contributed by atoms with Crippen LogP contribution in [0.1, 0.15) is 31.2 Å². The molecule has 1 aliphatic carbocycles. The van der Waals surface area contributed by atoms with E-state index in [4.69, 9.17) is 4.74 Å². The van der Waals surface area contributed by atoms with Crippen LogP contribution in [0.15, 0.2) is 24.3 Å². The van der Waals surface area contributed by atoms with Gasteiger partial charge in [-0.3, -0.25) is 0 Å². The number of phenols is 1. The second-order valence-corrected chi connectivity index (χ2v) is 5.87. The fraction of sp³-hybridized carbons (Fsp3) is 0.647. The summed E-state index contributed by atoms with van der Waals surface area (Å²) in [7, 11) is 1.74. The maximum atomic E-state index is 9.38. The zero-order valence-electron chi connectivity index (χ0n) is 12.5. The zero-order chi connectivity index (χ0) is 14.2. The lowest BCUT2D eigenvalue weighted by Crippen LogP contribution is -2.31. The van der Waals surface area contributed by atoms with Crippen LogP contribution in [0.25, 0.3) is 0 Å². The third-order valence-corrected chi connectivity index (χ3v) is 4.39. The van der Waals surface area contributed by atoms with E-state index in [1.807, 2.05) is 12.1 Å². The molecular formula is C17H27NO2. The fourth-order valence-electron chi connectivity index (χ4n) is 3.23. The van der Waals surface area contributed by atoms with Gasteiger partial charge in [0.05, 0.1) is 6.61 Å². The summed E-state index contributed by atoms with van der Waals surface area (Å²) in [4.78, 5) is 0. The number of rotatable bonds is 8. The summed E-state index contributed by atoms with van der Waals surface area (Å²) in [5.74, 6) is 1.89. The number of ether oxygens (including phenoxy) is 1. The van der Waals surface area contributed by atoms with Gasteiger partial charge in [0.1, 0.15) is 5.75 Å². The summed E-state index contributed by atoms with van der Waals surface area (Å²) < 4.78 is 5.09. The molecule has 2 N–H and O–H groups in total. The molecule has 1 aromatic rings. The molecule has 3 nitrogen and oxygen atoms in total. The molecule has 112 valence electrons. The van der Waals surface area contributed by atoms with Gasteiger partial charge in [0.25, 0.3) is 0 Å². The third kappa shape index (κ3) is 4.80. The van der Waals surface area contributed by atoms with E-state index < -0.39 is 0 Å². The lowest BCUT2D eigenvalue weighted by molar-refractivity contribution is 0.195. The van der Waals surface area contributed by atoms with Gasteiger partial charge in [-0.25, -0.2) is 0 Å². The Morgan fingerprint density at radius 1 is 1.25 bits per heavy atom. The summed E-state index contributed by atoms with van der Waals surface area (Å²) in [6.45, 7) is 2.76. The van der Waals surface area contributed by atoms with Crippen molar-refractivity contribution in [1.29, 1.82) is 0 Å². The average Bonchev–Trinajstić information content (AvgIpc) is 2.98. The molecule has 0 radical (unpaired) electrons. The first-order valence-corrected chi connectivity index (χ1v) is 7.77. The van der Waals surface area contributed by atoms with Gasteiger partial charge in [-0.15, -0.1) is 0 Å². The summed E-state index contributed by atoms with van der Waals surface area (Å²) >= 11 is 0. The van der Waals surface area contributed by atoms with Crippen LogP contribution in [0, 0.1) is 11.8 Å². The van der Waals surface area contributed by atoms with Crippen LogP contribution < -0.4 is 5.32 Å². The van der Waals surface area contributed by atoms with Crippen molar-refractivity contribution in [3.05, 3.63) is 29.8 Å². The smallest absolute Gasteiger partial charge is 0.115 e. The van der Waals surface area contributed by atoms with E-state index in [0.29, 0.717) is 11.7 Å². The molecule has 0 heterocycles. The number of aromatic hydroxyl groups is 1. The van der Waals surface area contributed by atoms with Crippen molar-refractivity contribution in [3.8, 4) is 5.75 Å². The SMILES string of the molecule is COCCNCC(Cc1ccc(O)cc1)C1CCCC1. The zero-order valence-corrected chi connectivity index (χ0v) is 12.5. The number of benzene rings is 1. The number of methoxy groups -OCH3 is 1. The van der Waals surface area contributed by atoms with Crippen LogP contribution in [-0.4, -0.2) is 31.9 Å². The first-order valence-electron chi connectivity index (χ1n) is 7.77. The molecule has 1 unspecified atom stereocenters. The van der Waals surface area contributed by atoms with Crippen molar-refractivity contribution in [2.75, 3.05) is 26.8 Å². The number of nitrogens with one attached hydrogen (secondary N) is 1. The molecule has 1 saturated carbocycles. The van der Waals surface area contributed by atoms with E-state index in [0.717, 1.165) is 32.0 Å². The second-order valence-electron chi connectivity index (χ2n) is 5.87. The highest BCUT2D eigenvalue weighted by Gasteiger charge is 2.24. The van der Waals surface area contributed by atoms with Crippen LogP contribution >= 0.6 is 0 Å². The minimum atomic E-state index is 0.351. The number of hydrogen-bond donors (Lipinski definition) is 2. The molecule has 2 rings (SSSR count). The first kappa shape index (κ1) is 15.3. The first-order chi connectivity index (χ1) is 9.79. The van der Waals surface area contributed by atoms with Crippen molar-refractivity contribution < 1.29 is 9.84 Å². The Bertz CT molecular complexity index is 371. The van der Waals surface area contributed by atoms with Crippen molar-refractivity contribution >= 4 is 0 Å². The summed E-state index contributed by atoms with van der Waals surface area (Å²) in [6.07, 6.45) is 6.61. The highest BCUT2D eigenvalue weighted by atomic mass is 16.5. The molecule has 0 saturated heterocycles. The van der Waals surface area contributed by atoms with Crippen molar-refractivity contribution in [3.63, 3.8) is 0 Å². The fourth-order valence-corrected chi connectivity index (χ4v) is 3.23. The Morgan fingerprint density at radius 2 is 1.95 bits per heavy atom. The molecule has 3 heteroatoms. The Hall–Kier alpha value is -1.06. The molecule has 1 aromatic carbocycles. The van der Waals surface area contributed by atoms with Crippen LogP contribution in [0.4, 0.5) is 0 Å². The van der Waals surface area contributed by atoms with Crippen LogP contribution in [0.3, 0.4) is 0 Å². The Balaban J connectivity index is 1.89. The minimum absolute atomic E-state index is 0.351. The normalized spacial score (nSPS) is 17.4. The molecule has 1 fully saturated rings. The molecule has 20 heavy (non-hydrogen) atoms. The van der Waals surface area contributed by atoms with Crippen LogP contribution in [-0.2, 0) is 11.2 Å². The van der Waals surface area contributed by atoms with Gasteiger partial charge in [-0.2, -0.15) is 0 Å². The number of hydrogen-bond acceptors (Lipinski definition) is 3. The van der Waals surface area contributed by atoms with E-state index in [2.05, 4.69) is 5.32 Å². The lowest BCUT2D eigenvalue weighted by Gasteiger charge is -2.24. The molecule has 0 bridgehead atoms. The maximum Gasteiger partial charge on any atom is 0.115 e. The standard InChI is InChI=1S/C17H27NO2/c1-20-11-10-18-13-16(15-4-2-3-5-15)12-14-6-8-17(19)9-7-14/h6-9,15-16,18-19H,2-5,10-13H2,1H3. The molecule has 0 amide bonds. The van der Waals surface area contributed by atoms with Gasteiger partial charge in [0.15, 0.2) is 0 Å². The molecule has 1 aliphatic rings. The second kappa shape index (κ2) is 8.28. The highest BCUT2D eigenvalue weighted by Crippen LogP contribution is 2.33. The largest absolute Gasteiger partial charge is 0.508 e. The van der Waals surface area contributed by atoms with Gasteiger partial charge in [0, 0.05) is 13.7 Å². The monoisotopic (exact) mass is 277 g/mol. The van der Waals surface area contributed by atoms with E-state index in [9.17, 15) is 5.11 Å². The molecule has 1 atom stereocenters. The van der Waals surface area contributed by atoms with E-state index in [1.165, 1.54) is 31.2 Å². The molecule has 0 spiro atoms. The van der Waals surface area contributed by atoms with Crippen LogP contribution in [0.2, 0.25) is 0 Å². The van der Waals surface area contributed by atoms with Gasteiger partial charge in [-0.05, 0) is 42.5 Å². The van der Waals surface area contributed by atoms with Crippen molar-refractivity contribution in [1.82, 2.24) is 5.32 Å². The molecule has 0 aliphatic heterocycles. The van der Waals surface area contributed by atoms with Gasteiger partial charge in [-0.1, -0.05) is 37.8 Å². The average molecular weight is 277 g/mol. The minimum Gasteiger partial charge on any atom is -0.508 e. The van der Waals surface area contributed by atoms with E-state index >= 15 is 0 Å². The summed E-state index contributed by atoms with van der Waals surface area (Å²) in [5.41, 5.74) is 1.33. The van der Waals surface area contributed by atoms with Crippen molar-refractivity contribution in [2.24, 2.45) is 11.8 Å². The highest BCUT2D eigenvalue weighted by molar-refractivity contribution is 5.26. The van der Waals surface area contributed by atoms with Crippen LogP contribution in [0.5, 0.6) is 5.75 Å². The predicted octanol–water partition coefficient (Wildman–Crippen LogP) is 2.98. The Kier molecular flexibility index (Phi) is 6.34. The predicted molar refractivity (Wildman–Crippen MR) is 82.0 cm³/mol. The third-order valence-electron chi connectivity index (χ3n) is 4.39. The summed E-state index contributed by atoms with van der Waals surface area (Å²) in [6, 6.07) is 7.68. The summed E-state index contributed by atoms with van der Waals surface area (Å²) in [5, 5.41) is 12.9. The Labute approximate surface area is 122 Å². The van der Waals surface area contributed by atoms with E-state index in [-0.39, 0.29) is 0 Å². The molecular weight excluding hydrogens is 250 g/mol. The topological polar surface area (TPSA) is 41.5 Å². The molecule has 0 aromatic heterocycles. The van der Waals surface area contributed by atoms with Crippen molar-refractivity contribution in [2.45, 2.75) is 32.1 Å².